The zero-order valence-corrected chi connectivity index (χ0v) is 5.55. The standard InChI is InChI=1S/C6H12O2/c1-4-5-6(7-2)8-3/h4-6H,1-3H3. The van der Waals surface area contributed by atoms with Crippen molar-refractivity contribution in [2.45, 2.75) is 13.2 Å². The first-order chi connectivity index (χ1) is 3.85. The Morgan fingerprint density at radius 2 is 1.75 bits per heavy atom. The van der Waals surface area contributed by atoms with E-state index in [0.717, 1.165) is 0 Å². The van der Waals surface area contributed by atoms with Crippen molar-refractivity contribution in [2.75, 3.05) is 14.2 Å². The van der Waals surface area contributed by atoms with E-state index >= 15 is 0 Å². The lowest BCUT2D eigenvalue weighted by molar-refractivity contribution is -0.0666. The number of rotatable bonds is 3. The van der Waals surface area contributed by atoms with E-state index in [1.165, 1.54) is 0 Å². The lowest BCUT2D eigenvalue weighted by Crippen LogP contribution is -2.07. The van der Waals surface area contributed by atoms with Gasteiger partial charge in [0.1, 0.15) is 0 Å². The number of hydrogen-bond acceptors (Lipinski definition) is 2. The maximum atomic E-state index is 4.83. The van der Waals surface area contributed by atoms with Gasteiger partial charge in [-0.05, 0) is 13.0 Å². The van der Waals surface area contributed by atoms with Gasteiger partial charge in [0.2, 0.25) is 0 Å². The topological polar surface area (TPSA) is 18.5 Å². The van der Waals surface area contributed by atoms with Gasteiger partial charge in [0.15, 0.2) is 6.29 Å². The van der Waals surface area contributed by atoms with Gasteiger partial charge in [0.05, 0.1) is 0 Å². The molecule has 0 amide bonds. The van der Waals surface area contributed by atoms with Crippen LogP contribution in [0, 0.1) is 0 Å². The molecule has 0 bridgehead atoms. The molecule has 0 atom stereocenters. The highest BCUT2D eigenvalue weighted by molar-refractivity contribution is 4.80. The zero-order valence-electron chi connectivity index (χ0n) is 5.55. The second kappa shape index (κ2) is 4.81. The van der Waals surface area contributed by atoms with Crippen molar-refractivity contribution in [3.05, 3.63) is 12.2 Å². The third kappa shape index (κ3) is 2.77. The van der Waals surface area contributed by atoms with E-state index in [2.05, 4.69) is 0 Å². The Kier molecular flexibility index (Phi) is 4.61. The highest BCUT2D eigenvalue weighted by Gasteiger charge is 1.93. The van der Waals surface area contributed by atoms with Crippen LogP contribution in [0.5, 0.6) is 0 Å². The molecule has 0 aromatic rings. The predicted octanol–water partition coefficient (Wildman–Crippen LogP) is 1.18. The van der Waals surface area contributed by atoms with Gasteiger partial charge in [-0.3, -0.25) is 0 Å². The number of methoxy groups -OCH3 is 2. The first-order valence-corrected chi connectivity index (χ1v) is 2.53. The Morgan fingerprint density at radius 1 is 1.25 bits per heavy atom. The minimum atomic E-state index is -0.181. The first-order valence-electron chi connectivity index (χ1n) is 2.53. The molecule has 0 heterocycles. The molecule has 2 heteroatoms. The summed E-state index contributed by atoms with van der Waals surface area (Å²) in [6.45, 7) is 1.92. The van der Waals surface area contributed by atoms with Gasteiger partial charge in [-0.2, -0.15) is 0 Å². The molecule has 0 aliphatic carbocycles. The molecule has 0 aromatic carbocycles. The van der Waals surface area contributed by atoms with Crippen molar-refractivity contribution in [1.29, 1.82) is 0 Å². The first kappa shape index (κ1) is 7.66. The summed E-state index contributed by atoms with van der Waals surface area (Å²) in [6.07, 6.45) is 3.54. The minimum absolute atomic E-state index is 0.181. The minimum Gasteiger partial charge on any atom is -0.352 e. The summed E-state index contributed by atoms with van der Waals surface area (Å²) in [5.41, 5.74) is 0. The van der Waals surface area contributed by atoms with Crippen LogP contribution in [-0.4, -0.2) is 20.5 Å². The SMILES string of the molecule is CC=CC(OC)OC. The molecule has 0 fully saturated rings. The molecule has 48 valence electrons. The third-order valence-corrected chi connectivity index (χ3v) is 0.814. The monoisotopic (exact) mass is 116 g/mol. The normalized spacial score (nSPS) is 11.5. The Bertz CT molecular complexity index is 64.9. The van der Waals surface area contributed by atoms with Gasteiger partial charge in [0, 0.05) is 14.2 Å². The van der Waals surface area contributed by atoms with E-state index < -0.39 is 0 Å². The lowest BCUT2D eigenvalue weighted by atomic mass is 10.5. The molecule has 0 rings (SSSR count). The summed E-state index contributed by atoms with van der Waals surface area (Å²) < 4.78 is 9.66. The maximum absolute atomic E-state index is 4.83. The van der Waals surface area contributed by atoms with E-state index in [4.69, 9.17) is 9.47 Å². The smallest absolute Gasteiger partial charge is 0.176 e. The molecule has 0 saturated heterocycles. The highest BCUT2D eigenvalue weighted by atomic mass is 16.7. The molecule has 0 aromatic heterocycles. The zero-order chi connectivity index (χ0) is 6.41. The molecule has 0 aliphatic rings. The molecule has 0 unspecified atom stereocenters. The average molecular weight is 116 g/mol. The molecular formula is C6H12O2. The summed E-state index contributed by atoms with van der Waals surface area (Å²) in [5.74, 6) is 0. The van der Waals surface area contributed by atoms with Crippen molar-refractivity contribution in [3.63, 3.8) is 0 Å². The Morgan fingerprint density at radius 3 is 1.88 bits per heavy atom. The number of hydrogen-bond donors (Lipinski definition) is 0. The van der Waals surface area contributed by atoms with Crippen LogP contribution in [0.3, 0.4) is 0 Å². The fourth-order valence-corrected chi connectivity index (χ4v) is 0.410. The largest absolute Gasteiger partial charge is 0.352 e. The van der Waals surface area contributed by atoms with Crippen LogP contribution < -0.4 is 0 Å². The van der Waals surface area contributed by atoms with Gasteiger partial charge in [0.25, 0.3) is 0 Å². The molecule has 0 aliphatic heterocycles. The summed E-state index contributed by atoms with van der Waals surface area (Å²) in [5, 5.41) is 0. The molecule has 0 radical (unpaired) electrons. The van der Waals surface area contributed by atoms with Crippen molar-refractivity contribution in [3.8, 4) is 0 Å². The van der Waals surface area contributed by atoms with Gasteiger partial charge in [-0.1, -0.05) is 6.08 Å². The number of allylic oxidation sites excluding steroid dienone is 1. The van der Waals surface area contributed by atoms with E-state index in [1.807, 2.05) is 19.1 Å². The molecule has 0 N–H and O–H groups in total. The molecule has 0 saturated carbocycles. The predicted molar refractivity (Wildman–Crippen MR) is 32.6 cm³/mol. The van der Waals surface area contributed by atoms with Crippen molar-refractivity contribution in [1.82, 2.24) is 0 Å². The Labute approximate surface area is 50.1 Å². The molecule has 2 nitrogen and oxygen atoms in total. The van der Waals surface area contributed by atoms with E-state index in [1.54, 1.807) is 14.2 Å². The Hall–Kier alpha value is -0.340. The van der Waals surface area contributed by atoms with Crippen LogP contribution >= 0.6 is 0 Å². The van der Waals surface area contributed by atoms with E-state index in [0.29, 0.717) is 0 Å². The molecule has 8 heavy (non-hydrogen) atoms. The van der Waals surface area contributed by atoms with Crippen LogP contribution in [0.1, 0.15) is 6.92 Å². The average Bonchev–Trinajstić information content (AvgIpc) is 1.83. The fraction of sp³-hybridized carbons (Fsp3) is 0.667. The highest BCUT2D eigenvalue weighted by Crippen LogP contribution is 1.90. The number of ether oxygens (including phenoxy) is 2. The molecule has 0 spiro atoms. The quantitative estimate of drug-likeness (QED) is 0.407. The molecular weight excluding hydrogens is 104 g/mol. The fourth-order valence-electron chi connectivity index (χ4n) is 0.410. The summed E-state index contributed by atoms with van der Waals surface area (Å²) in [6, 6.07) is 0. The van der Waals surface area contributed by atoms with Gasteiger partial charge in [-0.15, -0.1) is 0 Å². The lowest BCUT2D eigenvalue weighted by Gasteiger charge is -2.05. The van der Waals surface area contributed by atoms with Crippen LogP contribution in [0.4, 0.5) is 0 Å². The summed E-state index contributed by atoms with van der Waals surface area (Å²) in [4.78, 5) is 0. The van der Waals surface area contributed by atoms with E-state index in [9.17, 15) is 0 Å². The summed E-state index contributed by atoms with van der Waals surface area (Å²) >= 11 is 0. The van der Waals surface area contributed by atoms with Gasteiger partial charge >= 0.3 is 0 Å². The van der Waals surface area contributed by atoms with E-state index in [-0.39, 0.29) is 6.29 Å². The van der Waals surface area contributed by atoms with Crippen LogP contribution in [0.25, 0.3) is 0 Å². The van der Waals surface area contributed by atoms with Crippen molar-refractivity contribution in [2.24, 2.45) is 0 Å². The van der Waals surface area contributed by atoms with Crippen molar-refractivity contribution >= 4 is 0 Å². The summed E-state index contributed by atoms with van der Waals surface area (Å²) in [7, 11) is 3.21. The Balaban J connectivity index is 3.36. The second-order valence-electron chi connectivity index (χ2n) is 1.37. The van der Waals surface area contributed by atoms with Gasteiger partial charge < -0.3 is 9.47 Å². The van der Waals surface area contributed by atoms with Crippen LogP contribution in [-0.2, 0) is 9.47 Å². The second-order valence-corrected chi connectivity index (χ2v) is 1.37. The van der Waals surface area contributed by atoms with Crippen LogP contribution in [0.2, 0.25) is 0 Å². The van der Waals surface area contributed by atoms with Crippen molar-refractivity contribution < 1.29 is 9.47 Å². The van der Waals surface area contributed by atoms with Gasteiger partial charge in [-0.25, -0.2) is 0 Å². The third-order valence-electron chi connectivity index (χ3n) is 0.814. The maximum Gasteiger partial charge on any atom is 0.176 e. The van der Waals surface area contributed by atoms with Crippen LogP contribution in [0.15, 0.2) is 12.2 Å².